The first kappa shape index (κ1) is 15.3. The number of methoxy groups -OCH3 is 1. The van der Waals surface area contributed by atoms with Crippen molar-refractivity contribution in [1.29, 1.82) is 0 Å². The summed E-state index contributed by atoms with van der Waals surface area (Å²) >= 11 is 0. The Morgan fingerprint density at radius 2 is 2.00 bits per heavy atom. The number of carbonyl (C=O) groups is 2. The van der Waals surface area contributed by atoms with E-state index in [1.165, 1.54) is 7.11 Å². The molecule has 0 amide bonds. The van der Waals surface area contributed by atoms with E-state index in [1.807, 2.05) is 0 Å². The topological polar surface area (TPSA) is 72.8 Å². The minimum absolute atomic E-state index is 0.130. The van der Waals surface area contributed by atoms with Crippen LogP contribution in [0.15, 0.2) is 24.3 Å². The summed E-state index contributed by atoms with van der Waals surface area (Å²) in [7, 11) is 1.48. The second-order valence-electron chi connectivity index (χ2n) is 4.63. The summed E-state index contributed by atoms with van der Waals surface area (Å²) in [6.45, 7) is 3.19. The molecule has 1 aromatic carbocycles. The van der Waals surface area contributed by atoms with E-state index in [4.69, 9.17) is 14.6 Å². The maximum Gasteiger partial charge on any atom is 0.329 e. The van der Waals surface area contributed by atoms with Crippen LogP contribution in [0.25, 0.3) is 0 Å². The molecule has 0 aromatic heterocycles. The molecule has 5 heteroatoms. The van der Waals surface area contributed by atoms with E-state index in [-0.39, 0.29) is 19.0 Å². The molecule has 0 unspecified atom stereocenters. The molecule has 0 saturated heterocycles. The fourth-order valence-corrected chi connectivity index (χ4v) is 1.50. The number of carboxylic acids is 1. The summed E-state index contributed by atoms with van der Waals surface area (Å²) in [5.41, 5.74) is 0.378. The zero-order chi connectivity index (χ0) is 14.5. The lowest BCUT2D eigenvalue weighted by Crippen LogP contribution is -2.33. The summed E-state index contributed by atoms with van der Waals surface area (Å²) < 4.78 is 10.1. The monoisotopic (exact) mass is 266 g/mol. The van der Waals surface area contributed by atoms with Crippen LogP contribution in [-0.4, -0.2) is 36.2 Å². The van der Waals surface area contributed by atoms with Gasteiger partial charge in [0.15, 0.2) is 5.78 Å². The van der Waals surface area contributed by atoms with Gasteiger partial charge in [0.25, 0.3) is 0 Å². The van der Waals surface area contributed by atoms with E-state index in [2.05, 4.69) is 0 Å². The molecule has 5 nitrogen and oxygen atoms in total. The quantitative estimate of drug-likeness (QED) is 0.763. The van der Waals surface area contributed by atoms with Crippen molar-refractivity contribution >= 4 is 11.8 Å². The fraction of sp³-hybridized carbons (Fsp3) is 0.429. The normalized spacial score (nSPS) is 11.3. The van der Waals surface area contributed by atoms with Gasteiger partial charge >= 0.3 is 5.97 Å². The molecule has 0 radical (unpaired) electrons. The Hall–Kier alpha value is -1.72. The Morgan fingerprint density at radius 1 is 1.32 bits per heavy atom. The molecular formula is C14H18O5. The average Bonchev–Trinajstić information content (AvgIpc) is 2.37. The van der Waals surface area contributed by atoms with Crippen LogP contribution in [0, 0.1) is 0 Å². The molecule has 0 spiro atoms. The fourth-order valence-electron chi connectivity index (χ4n) is 1.50. The number of ketones is 1. The lowest BCUT2D eigenvalue weighted by atomic mass is 9.95. The van der Waals surface area contributed by atoms with Crippen LogP contribution in [0.1, 0.15) is 29.8 Å². The van der Waals surface area contributed by atoms with Crippen molar-refractivity contribution in [2.75, 3.05) is 13.7 Å². The third kappa shape index (κ3) is 4.46. The van der Waals surface area contributed by atoms with Gasteiger partial charge in [0.1, 0.15) is 12.2 Å². The van der Waals surface area contributed by atoms with Crippen LogP contribution in [0.3, 0.4) is 0 Å². The number of hydrogen-bond acceptors (Lipinski definition) is 4. The Balaban J connectivity index is 2.77. The van der Waals surface area contributed by atoms with Crippen LogP contribution in [0.5, 0.6) is 0 Å². The maximum absolute atomic E-state index is 12.2. The first-order chi connectivity index (χ1) is 8.86. The van der Waals surface area contributed by atoms with Crippen molar-refractivity contribution in [2.45, 2.75) is 26.1 Å². The lowest BCUT2D eigenvalue weighted by molar-refractivity contribution is -0.142. The molecule has 104 valence electrons. The highest BCUT2D eigenvalue weighted by atomic mass is 16.5. The highest BCUT2D eigenvalue weighted by Crippen LogP contribution is 2.17. The first-order valence-electron chi connectivity index (χ1n) is 5.85. The maximum atomic E-state index is 12.2. The van der Waals surface area contributed by atoms with Gasteiger partial charge in [-0.2, -0.15) is 0 Å². The van der Waals surface area contributed by atoms with Gasteiger partial charge in [0.05, 0.1) is 6.61 Å². The largest absolute Gasteiger partial charge is 0.480 e. The Kier molecular flexibility index (Phi) is 5.20. The smallest absolute Gasteiger partial charge is 0.329 e. The van der Waals surface area contributed by atoms with Gasteiger partial charge < -0.3 is 14.6 Å². The SMILES string of the molecule is COC(C)(C)C(=O)c1cccc(COCC(=O)O)c1. The van der Waals surface area contributed by atoms with Crippen LogP contribution in [0.4, 0.5) is 0 Å². The Morgan fingerprint density at radius 3 is 2.58 bits per heavy atom. The molecule has 0 aliphatic carbocycles. The van der Waals surface area contributed by atoms with Gasteiger partial charge in [-0.05, 0) is 25.5 Å². The van der Waals surface area contributed by atoms with Crippen LogP contribution >= 0.6 is 0 Å². The lowest BCUT2D eigenvalue weighted by Gasteiger charge is -2.21. The number of benzene rings is 1. The van der Waals surface area contributed by atoms with Crippen LogP contribution < -0.4 is 0 Å². The van der Waals surface area contributed by atoms with Crippen molar-refractivity contribution < 1.29 is 24.2 Å². The van der Waals surface area contributed by atoms with Crippen LogP contribution in [-0.2, 0) is 20.9 Å². The first-order valence-corrected chi connectivity index (χ1v) is 5.85. The third-order valence-electron chi connectivity index (χ3n) is 2.74. The van der Waals surface area contributed by atoms with E-state index in [0.717, 1.165) is 5.56 Å². The van der Waals surface area contributed by atoms with Gasteiger partial charge in [-0.25, -0.2) is 4.79 Å². The molecule has 0 aliphatic heterocycles. The van der Waals surface area contributed by atoms with Gasteiger partial charge in [0, 0.05) is 12.7 Å². The van der Waals surface area contributed by atoms with Crippen molar-refractivity contribution in [3.8, 4) is 0 Å². The number of carboxylic acid groups (broad SMARTS) is 1. The van der Waals surface area contributed by atoms with Crippen LogP contribution in [0.2, 0.25) is 0 Å². The highest BCUT2D eigenvalue weighted by molar-refractivity contribution is 6.02. The number of carbonyl (C=O) groups excluding carboxylic acids is 1. The van der Waals surface area contributed by atoms with Gasteiger partial charge in [-0.15, -0.1) is 0 Å². The van der Waals surface area contributed by atoms with Crippen molar-refractivity contribution in [1.82, 2.24) is 0 Å². The summed E-state index contributed by atoms with van der Waals surface area (Å²) in [4.78, 5) is 22.5. The van der Waals surface area contributed by atoms with E-state index < -0.39 is 11.6 Å². The molecular weight excluding hydrogens is 248 g/mol. The number of Topliss-reactive ketones (excluding diaryl/α,β-unsaturated/α-hetero) is 1. The molecule has 19 heavy (non-hydrogen) atoms. The minimum atomic E-state index is -1.02. The number of hydrogen-bond donors (Lipinski definition) is 1. The molecule has 1 rings (SSSR count). The standard InChI is InChI=1S/C14H18O5/c1-14(2,18-3)13(17)11-6-4-5-10(7-11)8-19-9-12(15)16/h4-7H,8-9H2,1-3H3,(H,15,16). The van der Waals surface area contributed by atoms with Crippen molar-refractivity contribution in [3.05, 3.63) is 35.4 Å². The summed E-state index contributed by atoms with van der Waals surface area (Å²) in [6, 6.07) is 6.89. The van der Waals surface area contributed by atoms with Gasteiger partial charge in [0.2, 0.25) is 0 Å². The predicted molar refractivity (Wildman–Crippen MR) is 69.2 cm³/mol. The number of rotatable bonds is 7. The molecule has 1 aromatic rings. The zero-order valence-corrected chi connectivity index (χ0v) is 11.3. The van der Waals surface area contributed by atoms with E-state index in [9.17, 15) is 9.59 Å². The number of aliphatic carboxylic acids is 1. The summed E-state index contributed by atoms with van der Waals surface area (Å²) in [6.07, 6.45) is 0. The zero-order valence-electron chi connectivity index (χ0n) is 11.3. The van der Waals surface area contributed by atoms with E-state index in [0.29, 0.717) is 5.56 Å². The van der Waals surface area contributed by atoms with E-state index >= 15 is 0 Å². The van der Waals surface area contributed by atoms with Gasteiger partial charge in [-0.1, -0.05) is 18.2 Å². The minimum Gasteiger partial charge on any atom is -0.480 e. The molecule has 0 saturated carbocycles. The predicted octanol–water partition coefficient (Wildman–Crippen LogP) is 1.90. The van der Waals surface area contributed by atoms with Gasteiger partial charge in [-0.3, -0.25) is 4.79 Å². The Bertz CT molecular complexity index is 465. The average molecular weight is 266 g/mol. The van der Waals surface area contributed by atoms with Crippen molar-refractivity contribution in [2.24, 2.45) is 0 Å². The third-order valence-corrected chi connectivity index (χ3v) is 2.74. The Labute approximate surface area is 112 Å². The second-order valence-corrected chi connectivity index (χ2v) is 4.63. The molecule has 0 fully saturated rings. The molecule has 0 bridgehead atoms. The second kappa shape index (κ2) is 6.45. The highest BCUT2D eigenvalue weighted by Gasteiger charge is 2.28. The van der Waals surface area contributed by atoms with Crippen molar-refractivity contribution in [3.63, 3.8) is 0 Å². The summed E-state index contributed by atoms with van der Waals surface area (Å²) in [5, 5.41) is 8.48. The van der Waals surface area contributed by atoms with E-state index in [1.54, 1.807) is 38.1 Å². The molecule has 1 N–H and O–H groups in total. The summed E-state index contributed by atoms with van der Waals surface area (Å²) in [5.74, 6) is -1.15. The molecule has 0 heterocycles. The number of ether oxygens (including phenoxy) is 2. The molecule has 0 atom stereocenters. The molecule has 0 aliphatic rings.